The lowest BCUT2D eigenvalue weighted by Gasteiger charge is -2.34. The molecule has 0 aromatic heterocycles. The van der Waals surface area contributed by atoms with Gasteiger partial charge in [0.25, 0.3) is 5.69 Å². The third-order valence-electron chi connectivity index (χ3n) is 3.50. The molecule has 1 aromatic carbocycles. The van der Waals surface area contributed by atoms with Crippen molar-refractivity contribution >= 4 is 5.69 Å². The number of hydrogen-bond acceptors (Lipinski definition) is 4. The summed E-state index contributed by atoms with van der Waals surface area (Å²) in [5.41, 5.74) is 1.20. The van der Waals surface area contributed by atoms with Crippen LogP contribution in [-0.4, -0.2) is 34.1 Å². The summed E-state index contributed by atoms with van der Waals surface area (Å²) in [6.07, 6.45) is 0.604. The Morgan fingerprint density at radius 2 is 2.11 bits per heavy atom. The van der Waals surface area contributed by atoms with Gasteiger partial charge in [-0.05, 0) is 17.9 Å². The van der Waals surface area contributed by atoms with E-state index < -0.39 is 0 Å². The second-order valence-corrected chi connectivity index (χ2v) is 4.99. The van der Waals surface area contributed by atoms with Crippen molar-refractivity contribution in [1.29, 1.82) is 0 Å². The second-order valence-electron chi connectivity index (χ2n) is 4.99. The van der Waals surface area contributed by atoms with Gasteiger partial charge in [0.1, 0.15) is 0 Å². The summed E-state index contributed by atoms with van der Waals surface area (Å²) in [6.45, 7) is 4.59. The summed E-state index contributed by atoms with van der Waals surface area (Å²) in [5, 5.41) is 20.2. The van der Waals surface area contributed by atoms with Gasteiger partial charge in [0.05, 0.1) is 11.0 Å². The van der Waals surface area contributed by atoms with Crippen LogP contribution in [0, 0.1) is 16.0 Å². The Morgan fingerprint density at radius 1 is 1.44 bits per heavy atom. The van der Waals surface area contributed by atoms with Gasteiger partial charge in [-0.15, -0.1) is 0 Å². The lowest BCUT2D eigenvalue weighted by atomic mass is 9.96. The van der Waals surface area contributed by atoms with E-state index in [4.69, 9.17) is 0 Å². The SMILES string of the molecule is CC1CN(Cc2ccc([N+](=O)[O-])cc2)CCC1O. The van der Waals surface area contributed by atoms with Gasteiger partial charge >= 0.3 is 0 Å². The van der Waals surface area contributed by atoms with E-state index in [0.717, 1.165) is 31.6 Å². The van der Waals surface area contributed by atoms with Crippen LogP contribution in [0.15, 0.2) is 24.3 Å². The summed E-state index contributed by atoms with van der Waals surface area (Å²) in [7, 11) is 0. The molecule has 1 heterocycles. The minimum atomic E-state index is -0.386. The average Bonchev–Trinajstić information content (AvgIpc) is 2.34. The summed E-state index contributed by atoms with van der Waals surface area (Å²) in [4.78, 5) is 12.4. The smallest absolute Gasteiger partial charge is 0.269 e. The number of nitro groups is 1. The minimum absolute atomic E-state index is 0.126. The van der Waals surface area contributed by atoms with Crippen LogP contribution >= 0.6 is 0 Å². The van der Waals surface area contributed by atoms with Gasteiger partial charge < -0.3 is 5.11 Å². The van der Waals surface area contributed by atoms with Crippen LogP contribution in [0.5, 0.6) is 0 Å². The van der Waals surface area contributed by atoms with Crippen LogP contribution in [-0.2, 0) is 6.54 Å². The van der Waals surface area contributed by atoms with E-state index >= 15 is 0 Å². The topological polar surface area (TPSA) is 66.6 Å². The van der Waals surface area contributed by atoms with Crippen molar-refractivity contribution in [3.8, 4) is 0 Å². The maximum Gasteiger partial charge on any atom is 0.269 e. The molecule has 1 aliphatic rings. The molecular formula is C13H18N2O3. The van der Waals surface area contributed by atoms with E-state index in [1.165, 1.54) is 12.1 Å². The first-order chi connectivity index (χ1) is 8.56. The predicted molar refractivity (Wildman–Crippen MR) is 68.2 cm³/mol. The quantitative estimate of drug-likeness (QED) is 0.656. The van der Waals surface area contributed by atoms with Crippen LogP contribution in [0.25, 0.3) is 0 Å². The third-order valence-corrected chi connectivity index (χ3v) is 3.50. The van der Waals surface area contributed by atoms with Gasteiger partial charge in [-0.3, -0.25) is 15.0 Å². The Kier molecular flexibility index (Phi) is 3.93. The molecule has 1 N–H and O–H groups in total. The van der Waals surface area contributed by atoms with E-state index in [-0.39, 0.29) is 22.6 Å². The number of nitrogens with zero attached hydrogens (tertiary/aromatic N) is 2. The number of hydrogen-bond donors (Lipinski definition) is 1. The Labute approximate surface area is 106 Å². The highest BCUT2D eigenvalue weighted by Gasteiger charge is 2.23. The maximum absolute atomic E-state index is 10.5. The van der Waals surface area contributed by atoms with Crippen LogP contribution in [0.3, 0.4) is 0 Å². The number of aliphatic hydroxyl groups excluding tert-OH is 1. The minimum Gasteiger partial charge on any atom is -0.393 e. The second kappa shape index (κ2) is 5.46. The molecule has 0 amide bonds. The Hall–Kier alpha value is -1.46. The highest BCUT2D eigenvalue weighted by atomic mass is 16.6. The van der Waals surface area contributed by atoms with E-state index in [9.17, 15) is 15.2 Å². The first-order valence-corrected chi connectivity index (χ1v) is 6.20. The average molecular weight is 250 g/mol. The fourth-order valence-electron chi connectivity index (χ4n) is 2.34. The molecule has 5 heteroatoms. The molecule has 1 aliphatic heterocycles. The molecule has 98 valence electrons. The monoisotopic (exact) mass is 250 g/mol. The lowest BCUT2D eigenvalue weighted by Crippen LogP contribution is -2.41. The summed E-state index contributed by atoms with van der Waals surface area (Å²) < 4.78 is 0. The lowest BCUT2D eigenvalue weighted by molar-refractivity contribution is -0.384. The molecule has 0 saturated carbocycles. The first-order valence-electron chi connectivity index (χ1n) is 6.20. The molecule has 0 aliphatic carbocycles. The van der Waals surface area contributed by atoms with Crippen molar-refractivity contribution in [3.63, 3.8) is 0 Å². The summed E-state index contributed by atoms with van der Waals surface area (Å²) in [5.74, 6) is 0.289. The Balaban J connectivity index is 1.95. The molecular weight excluding hydrogens is 232 g/mol. The molecule has 2 rings (SSSR count). The molecule has 2 unspecified atom stereocenters. The van der Waals surface area contributed by atoms with Gasteiger partial charge in [-0.1, -0.05) is 19.1 Å². The van der Waals surface area contributed by atoms with E-state index in [2.05, 4.69) is 4.90 Å². The number of nitro benzene ring substituents is 1. The van der Waals surface area contributed by atoms with Gasteiger partial charge in [0, 0.05) is 31.8 Å². The fourth-order valence-corrected chi connectivity index (χ4v) is 2.34. The fraction of sp³-hybridized carbons (Fsp3) is 0.538. The number of rotatable bonds is 3. The van der Waals surface area contributed by atoms with Crippen molar-refractivity contribution in [2.75, 3.05) is 13.1 Å². The van der Waals surface area contributed by atoms with E-state index in [1.54, 1.807) is 12.1 Å². The van der Waals surface area contributed by atoms with Crippen molar-refractivity contribution in [1.82, 2.24) is 4.90 Å². The molecule has 1 fully saturated rings. The molecule has 0 bridgehead atoms. The number of non-ortho nitro benzene ring substituents is 1. The van der Waals surface area contributed by atoms with E-state index in [0.29, 0.717) is 0 Å². The Bertz CT molecular complexity index is 419. The van der Waals surface area contributed by atoms with Crippen molar-refractivity contribution in [3.05, 3.63) is 39.9 Å². The predicted octanol–water partition coefficient (Wildman–Crippen LogP) is 1.80. The zero-order valence-corrected chi connectivity index (χ0v) is 10.5. The van der Waals surface area contributed by atoms with Crippen molar-refractivity contribution in [2.24, 2.45) is 5.92 Å². The van der Waals surface area contributed by atoms with Crippen molar-refractivity contribution < 1.29 is 10.0 Å². The van der Waals surface area contributed by atoms with E-state index in [1.807, 2.05) is 6.92 Å². The zero-order chi connectivity index (χ0) is 13.1. The number of aliphatic hydroxyl groups is 1. The Morgan fingerprint density at radius 3 is 2.67 bits per heavy atom. The zero-order valence-electron chi connectivity index (χ0n) is 10.5. The van der Waals surface area contributed by atoms with Crippen LogP contribution < -0.4 is 0 Å². The molecule has 0 spiro atoms. The third kappa shape index (κ3) is 3.05. The number of likely N-dealkylation sites (tertiary alicyclic amines) is 1. The van der Waals surface area contributed by atoms with Crippen LogP contribution in [0.1, 0.15) is 18.9 Å². The highest BCUT2D eigenvalue weighted by molar-refractivity contribution is 5.32. The molecule has 5 nitrogen and oxygen atoms in total. The van der Waals surface area contributed by atoms with Crippen LogP contribution in [0.2, 0.25) is 0 Å². The van der Waals surface area contributed by atoms with Crippen LogP contribution in [0.4, 0.5) is 5.69 Å². The van der Waals surface area contributed by atoms with Gasteiger partial charge in [-0.25, -0.2) is 0 Å². The molecule has 18 heavy (non-hydrogen) atoms. The molecule has 1 saturated heterocycles. The number of piperidine rings is 1. The van der Waals surface area contributed by atoms with Gasteiger partial charge in [-0.2, -0.15) is 0 Å². The maximum atomic E-state index is 10.5. The summed E-state index contributed by atoms with van der Waals surface area (Å²) in [6, 6.07) is 6.68. The largest absolute Gasteiger partial charge is 0.393 e. The highest BCUT2D eigenvalue weighted by Crippen LogP contribution is 2.19. The van der Waals surface area contributed by atoms with Gasteiger partial charge in [0.15, 0.2) is 0 Å². The molecule has 2 atom stereocenters. The summed E-state index contributed by atoms with van der Waals surface area (Å²) >= 11 is 0. The number of benzene rings is 1. The standard InChI is InChI=1S/C13H18N2O3/c1-10-8-14(7-6-13(10)16)9-11-2-4-12(5-3-11)15(17)18/h2-5,10,13,16H,6-9H2,1H3. The van der Waals surface area contributed by atoms with Crippen molar-refractivity contribution in [2.45, 2.75) is 26.0 Å². The first kappa shape index (κ1) is 13.0. The molecule has 1 aromatic rings. The molecule has 0 radical (unpaired) electrons. The normalized spacial score (nSPS) is 25.0. The van der Waals surface area contributed by atoms with Gasteiger partial charge in [0.2, 0.25) is 0 Å².